The third-order valence-corrected chi connectivity index (χ3v) is 8.70. The normalized spacial score (nSPS) is 17.0. The number of nitrogens with one attached hydrogen (secondary N) is 1. The minimum Gasteiger partial charge on any atom is -0.481 e. The van der Waals surface area contributed by atoms with Gasteiger partial charge in [0.1, 0.15) is 0 Å². The van der Waals surface area contributed by atoms with Gasteiger partial charge in [0.05, 0.1) is 18.2 Å². The lowest BCUT2D eigenvalue weighted by Gasteiger charge is -2.28. The summed E-state index contributed by atoms with van der Waals surface area (Å²) in [5.41, 5.74) is -0.452. The highest BCUT2D eigenvalue weighted by Crippen LogP contribution is 2.37. The van der Waals surface area contributed by atoms with Crippen LogP contribution in [0, 0.1) is 11.8 Å². The number of benzene rings is 2. The SMILES string of the molecule is CCc1cc(CCNCC2CCC(CC(=O)O)CC2)c(CN(Cc2cc(C(F)(F)F)cc(C(F)(F)F)c2)c2nnn(C)n2)cc1Cl.Cl. The van der Waals surface area contributed by atoms with Crippen LogP contribution in [0.5, 0.6) is 0 Å². The molecule has 8 nitrogen and oxygen atoms in total. The van der Waals surface area contributed by atoms with Gasteiger partial charge in [0.2, 0.25) is 0 Å². The third-order valence-electron chi connectivity index (χ3n) is 8.35. The van der Waals surface area contributed by atoms with Gasteiger partial charge >= 0.3 is 18.3 Å². The molecule has 1 fully saturated rings. The number of aromatic nitrogens is 4. The topological polar surface area (TPSA) is 96.2 Å². The van der Waals surface area contributed by atoms with Gasteiger partial charge < -0.3 is 15.3 Å². The van der Waals surface area contributed by atoms with Crippen LogP contribution in [0.3, 0.4) is 0 Å². The van der Waals surface area contributed by atoms with Gasteiger partial charge in [-0.1, -0.05) is 29.7 Å². The van der Waals surface area contributed by atoms with E-state index in [-0.39, 0.29) is 55.4 Å². The standard InChI is InChI=1S/C31H37ClF6N6O2.ClH/c1-3-22-13-23(8-9-39-16-20-6-4-19(5-7-20)12-28(45)46)24(14-27(22)32)18-44(29-40-42-43(2)41-29)17-21-10-25(30(33,34)35)15-26(11-21)31(36,37)38;/h10-11,13-15,19-20,39H,3-9,12,16-18H2,1-2H3,(H,45,46);1H. The largest absolute Gasteiger partial charge is 0.481 e. The van der Waals surface area contributed by atoms with Crippen LogP contribution in [0.15, 0.2) is 30.3 Å². The van der Waals surface area contributed by atoms with Gasteiger partial charge in [-0.3, -0.25) is 4.79 Å². The number of aliphatic carboxylic acids is 1. The molecule has 2 N–H and O–H groups in total. The van der Waals surface area contributed by atoms with Crippen molar-refractivity contribution in [1.29, 1.82) is 0 Å². The van der Waals surface area contributed by atoms with Crippen LogP contribution >= 0.6 is 24.0 Å². The zero-order chi connectivity index (χ0) is 33.6. The molecule has 4 rings (SSSR count). The van der Waals surface area contributed by atoms with Gasteiger partial charge in [-0.25, -0.2) is 0 Å². The highest BCUT2D eigenvalue weighted by molar-refractivity contribution is 6.31. The van der Waals surface area contributed by atoms with Crippen molar-refractivity contribution >= 4 is 35.9 Å². The Bertz CT molecular complexity index is 1460. The predicted octanol–water partition coefficient (Wildman–Crippen LogP) is 7.51. The Kier molecular flexibility index (Phi) is 13.3. The molecule has 2 aromatic carbocycles. The molecular formula is C31H38Cl2F6N6O2. The van der Waals surface area contributed by atoms with Crippen molar-refractivity contribution in [2.75, 3.05) is 18.0 Å². The fraction of sp³-hybridized carbons (Fsp3) is 0.548. The minimum atomic E-state index is -4.98. The molecule has 1 saturated carbocycles. The van der Waals surface area contributed by atoms with E-state index in [0.29, 0.717) is 42.5 Å². The number of halogens is 8. The first-order chi connectivity index (χ1) is 21.6. The maximum Gasteiger partial charge on any atom is 0.416 e. The number of hydrogen-bond acceptors (Lipinski definition) is 6. The minimum absolute atomic E-state index is 0. The van der Waals surface area contributed by atoms with Crippen LogP contribution < -0.4 is 10.2 Å². The highest BCUT2D eigenvalue weighted by Gasteiger charge is 2.37. The van der Waals surface area contributed by atoms with Gasteiger partial charge in [-0.05, 0) is 115 Å². The Morgan fingerprint density at radius 2 is 1.57 bits per heavy atom. The van der Waals surface area contributed by atoms with Crippen LogP contribution in [0.1, 0.15) is 72.4 Å². The number of carboxylic acid groups (broad SMARTS) is 1. The molecule has 0 unspecified atom stereocenters. The first kappa shape index (κ1) is 38.3. The molecule has 1 aliphatic rings. The van der Waals surface area contributed by atoms with E-state index in [1.165, 1.54) is 11.9 Å². The molecule has 0 radical (unpaired) electrons. The number of alkyl halides is 6. The van der Waals surface area contributed by atoms with Crippen LogP contribution in [-0.4, -0.2) is 44.4 Å². The number of nitrogens with zero attached hydrogens (tertiary/aromatic N) is 5. The van der Waals surface area contributed by atoms with Crippen molar-refractivity contribution in [1.82, 2.24) is 25.5 Å². The van der Waals surface area contributed by atoms with E-state index >= 15 is 0 Å². The molecule has 1 aromatic heterocycles. The fourth-order valence-electron chi connectivity index (χ4n) is 5.91. The number of anilines is 1. The average molecular weight is 712 g/mol. The molecule has 16 heteroatoms. The molecule has 0 amide bonds. The quantitative estimate of drug-likeness (QED) is 0.140. The van der Waals surface area contributed by atoms with E-state index in [0.717, 1.165) is 53.7 Å². The Balaban J connectivity index is 0.00000600. The van der Waals surface area contributed by atoms with Gasteiger partial charge in [0.25, 0.3) is 5.95 Å². The summed E-state index contributed by atoms with van der Waals surface area (Å²) in [5, 5.41) is 25.0. The predicted molar refractivity (Wildman–Crippen MR) is 167 cm³/mol. The van der Waals surface area contributed by atoms with Crippen molar-refractivity contribution in [3.05, 3.63) is 68.7 Å². The van der Waals surface area contributed by atoms with Crippen molar-refractivity contribution in [3.63, 3.8) is 0 Å². The lowest BCUT2D eigenvalue weighted by atomic mass is 9.80. The molecular weight excluding hydrogens is 673 g/mol. The second-order valence-electron chi connectivity index (χ2n) is 11.9. The summed E-state index contributed by atoms with van der Waals surface area (Å²) in [5.74, 6) is -0.0538. The van der Waals surface area contributed by atoms with Crippen molar-refractivity contribution in [2.45, 2.75) is 77.3 Å². The molecule has 0 spiro atoms. The molecule has 47 heavy (non-hydrogen) atoms. The van der Waals surface area contributed by atoms with E-state index in [2.05, 4.69) is 20.7 Å². The summed E-state index contributed by atoms with van der Waals surface area (Å²) in [6, 6.07) is 5.25. The van der Waals surface area contributed by atoms with Gasteiger partial charge in [-0.15, -0.1) is 17.5 Å². The van der Waals surface area contributed by atoms with E-state index in [1.54, 1.807) is 6.07 Å². The summed E-state index contributed by atoms with van der Waals surface area (Å²) < 4.78 is 81.5. The maximum absolute atomic E-state index is 13.6. The number of hydrogen-bond donors (Lipinski definition) is 2. The second kappa shape index (κ2) is 16.3. The number of tetrazole rings is 1. The van der Waals surface area contributed by atoms with Gasteiger partial charge in [0, 0.05) is 24.5 Å². The average Bonchev–Trinajstić information content (AvgIpc) is 3.41. The molecule has 0 bridgehead atoms. The van der Waals surface area contributed by atoms with Crippen LogP contribution in [0.25, 0.3) is 0 Å². The van der Waals surface area contributed by atoms with E-state index in [4.69, 9.17) is 16.7 Å². The number of carbonyl (C=O) groups is 1. The smallest absolute Gasteiger partial charge is 0.416 e. The summed E-state index contributed by atoms with van der Waals surface area (Å²) in [4.78, 5) is 13.6. The Hall–Kier alpha value is -3.10. The molecule has 0 aliphatic heterocycles. The second-order valence-corrected chi connectivity index (χ2v) is 12.3. The van der Waals surface area contributed by atoms with Crippen molar-refractivity contribution < 1.29 is 36.2 Å². The Morgan fingerprint density at radius 1 is 0.957 bits per heavy atom. The summed E-state index contributed by atoms with van der Waals surface area (Å²) in [6.45, 7) is 3.07. The lowest BCUT2D eigenvalue weighted by Crippen LogP contribution is -2.29. The molecule has 3 aromatic rings. The summed E-state index contributed by atoms with van der Waals surface area (Å²) in [7, 11) is 1.50. The Morgan fingerprint density at radius 3 is 2.11 bits per heavy atom. The van der Waals surface area contributed by atoms with Crippen LogP contribution in [0.2, 0.25) is 5.02 Å². The fourth-order valence-corrected chi connectivity index (χ4v) is 6.23. The van der Waals surface area contributed by atoms with Crippen LogP contribution in [-0.2, 0) is 50.1 Å². The van der Waals surface area contributed by atoms with Crippen molar-refractivity contribution in [2.24, 2.45) is 18.9 Å². The molecule has 0 saturated heterocycles. The van der Waals surface area contributed by atoms with Crippen molar-refractivity contribution in [3.8, 4) is 0 Å². The molecule has 0 atom stereocenters. The monoisotopic (exact) mass is 710 g/mol. The zero-order valence-electron chi connectivity index (χ0n) is 26.0. The van der Waals surface area contributed by atoms with E-state index in [9.17, 15) is 31.1 Å². The first-order valence-electron chi connectivity index (χ1n) is 15.1. The maximum atomic E-state index is 13.6. The van der Waals surface area contributed by atoms with Gasteiger partial charge in [0.15, 0.2) is 0 Å². The number of aryl methyl sites for hydroxylation is 2. The molecule has 1 heterocycles. The summed E-state index contributed by atoms with van der Waals surface area (Å²) >= 11 is 6.57. The highest BCUT2D eigenvalue weighted by atomic mass is 35.5. The molecule has 1 aliphatic carbocycles. The summed E-state index contributed by atoms with van der Waals surface area (Å²) in [6.07, 6.45) is -4.79. The Labute approximate surface area is 280 Å². The molecule has 260 valence electrons. The third kappa shape index (κ3) is 11.0. The number of carboxylic acids is 1. The number of rotatable bonds is 13. The van der Waals surface area contributed by atoms with Crippen LogP contribution in [0.4, 0.5) is 32.3 Å². The lowest BCUT2D eigenvalue weighted by molar-refractivity contribution is -0.143. The first-order valence-corrected chi connectivity index (χ1v) is 15.5. The zero-order valence-corrected chi connectivity index (χ0v) is 27.5. The van der Waals surface area contributed by atoms with E-state index < -0.39 is 29.4 Å². The van der Waals surface area contributed by atoms with Gasteiger partial charge in [-0.2, -0.15) is 31.1 Å². The van der Waals surface area contributed by atoms with E-state index in [1.807, 2.05) is 13.0 Å².